The van der Waals surface area contributed by atoms with Crippen molar-refractivity contribution in [2.24, 2.45) is 16.9 Å². The van der Waals surface area contributed by atoms with E-state index in [1.165, 1.54) is 0 Å². The summed E-state index contributed by atoms with van der Waals surface area (Å²) in [6.07, 6.45) is 6.19. The fourth-order valence-electron chi connectivity index (χ4n) is 2.57. The Hall–Kier alpha value is -1.30. The number of rotatable bonds is 2. The van der Waals surface area contributed by atoms with Crippen LogP contribution < -0.4 is 16.1 Å². The van der Waals surface area contributed by atoms with Crippen molar-refractivity contribution >= 4 is 52.1 Å². The van der Waals surface area contributed by atoms with Crippen LogP contribution in [0.3, 0.4) is 0 Å². The molecule has 1 saturated carbocycles. The fraction of sp³-hybridized carbons (Fsp3) is 0.308. The standard InChI is InChI=1S/C13H11Cl3N4O/c14-8-10(17)9(15)12(16)18-11(8)13(21)20-19-7-4-5-2-1-3-6(5)7/h1-2,5-6H,3-4H2,(H2,17,18)(H,20,21)/p+1/b19-7-/t5-,6-/m0/s1. The maximum absolute atomic E-state index is 12.1. The minimum absolute atomic E-state index is 0.0242. The summed E-state index contributed by atoms with van der Waals surface area (Å²) in [6, 6.07) is 0. The number of allylic oxidation sites excluding steroid dienone is 2. The van der Waals surface area contributed by atoms with Gasteiger partial charge in [0.25, 0.3) is 10.8 Å². The van der Waals surface area contributed by atoms with Gasteiger partial charge < -0.3 is 5.73 Å². The van der Waals surface area contributed by atoms with Crippen LogP contribution in [-0.4, -0.2) is 11.6 Å². The lowest BCUT2D eigenvalue weighted by Gasteiger charge is -2.31. The lowest BCUT2D eigenvalue weighted by molar-refractivity contribution is -0.379. The minimum Gasteiger partial charge on any atom is -0.396 e. The maximum atomic E-state index is 12.1. The molecular weight excluding hydrogens is 335 g/mol. The molecular formula is C13H12Cl3N4O+. The van der Waals surface area contributed by atoms with E-state index in [0.717, 1.165) is 18.6 Å². The van der Waals surface area contributed by atoms with E-state index in [0.29, 0.717) is 11.8 Å². The summed E-state index contributed by atoms with van der Waals surface area (Å²) in [4.78, 5) is 14.7. The molecule has 0 bridgehead atoms. The van der Waals surface area contributed by atoms with E-state index >= 15 is 0 Å². The van der Waals surface area contributed by atoms with Gasteiger partial charge in [0.15, 0.2) is 0 Å². The minimum atomic E-state index is -0.507. The third-order valence-corrected chi connectivity index (χ3v) is 4.98. The monoisotopic (exact) mass is 345 g/mol. The maximum Gasteiger partial charge on any atom is 0.337 e. The fourth-order valence-corrected chi connectivity index (χ4v) is 3.18. The van der Waals surface area contributed by atoms with Gasteiger partial charge in [-0.2, -0.15) is 10.1 Å². The Morgan fingerprint density at radius 1 is 1.38 bits per heavy atom. The molecule has 8 heteroatoms. The van der Waals surface area contributed by atoms with Crippen LogP contribution in [0.4, 0.5) is 5.69 Å². The van der Waals surface area contributed by atoms with Gasteiger partial charge in [0, 0.05) is 11.6 Å². The average Bonchev–Trinajstić information content (AvgIpc) is 2.82. The molecule has 0 spiro atoms. The Bertz CT molecular complexity index is 686. The van der Waals surface area contributed by atoms with Crippen molar-refractivity contribution in [3.8, 4) is 0 Å². The molecule has 21 heavy (non-hydrogen) atoms. The molecule has 2 aliphatic carbocycles. The van der Waals surface area contributed by atoms with Gasteiger partial charge in [-0.05, 0) is 30.4 Å². The molecule has 1 amide bonds. The number of nitrogens with two attached hydrogens (primary N) is 1. The number of hydrazone groups is 1. The highest BCUT2D eigenvalue weighted by atomic mass is 35.5. The number of fused-ring (bicyclic) bond motifs is 1. The number of carbonyl (C=O) groups is 1. The van der Waals surface area contributed by atoms with E-state index in [1.807, 2.05) is 0 Å². The number of carbonyl (C=O) groups excluding carboxylic acids is 1. The molecule has 4 N–H and O–H groups in total. The van der Waals surface area contributed by atoms with E-state index in [9.17, 15) is 4.79 Å². The second-order valence-corrected chi connectivity index (χ2v) is 6.17. The van der Waals surface area contributed by atoms with Crippen LogP contribution in [0.25, 0.3) is 0 Å². The molecule has 0 aromatic carbocycles. The smallest absolute Gasteiger partial charge is 0.337 e. The van der Waals surface area contributed by atoms with Gasteiger partial charge in [-0.1, -0.05) is 35.4 Å². The number of hydrogen-bond acceptors (Lipinski definition) is 3. The number of amides is 1. The van der Waals surface area contributed by atoms with Crippen LogP contribution >= 0.6 is 34.8 Å². The number of nitrogens with one attached hydrogen (secondary N) is 2. The summed E-state index contributed by atoms with van der Waals surface area (Å²) in [5.74, 6) is 0.479. The van der Waals surface area contributed by atoms with Gasteiger partial charge in [-0.25, -0.2) is 5.43 Å². The molecule has 1 aromatic rings. The highest BCUT2D eigenvalue weighted by Crippen LogP contribution is 2.40. The molecule has 1 fully saturated rings. The quantitative estimate of drug-likeness (QED) is 0.490. The second-order valence-electron chi connectivity index (χ2n) is 5.04. The van der Waals surface area contributed by atoms with Gasteiger partial charge in [0.05, 0.1) is 5.69 Å². The number of aromatic amines is 1. The molecule has 3 rings (SSSR count). The molecule has 110 valence electrons. The lowest BCUT2D eigenvalue weighted by Crippen LogP contribution is -2.36. The van der Waals surface area contributed by atoms with E-state index in [4.69, 9.17) is 40.5 Å². The highest BCUT2D eigenvalue weighted by Gasteiger charge is 2.38. The number of nitrogens with zero attached hydrogens (tertiary/aromatic N) is 1. The van der Waals surface area contributed by atoms with E-state index in [-0.39, 0.29) is 26.6 Å². The summed E-state index contributed by atoms with van der Waals surface area (Å²) in [6.45, 7) is 0. The summed E-state index contributed by atoms with van der Waals surface area (Å²) in [5, 5.41) is 4.32. The Labute approximate surface area is 136 Å². The molecule has 1 aromatic heterocycles. The van der Waals surface area contributed by atoms with Crippen LogP contribution in [0.15, 0.2) is 17.3 Å². The second kappa shape index (κ2) is 5.48. The number of pyridine rings is 1. The van der Waals surface area contributed by atoms with Crippen LogP contribution in [0.1, 0.15) is 23.3 Å². The summed E-state index contributed by atoms with van der Waals surface area (Å²) in [7, 11) is 0. The van der Waals surface area contributed by atoms with Crippen molar-refractivity contribution in [1.82, 2.24) is 5.43 Å². The first kappa shape index (κ1) is 14.6. The van der Waals surface area contributed by atoms with Crippen molar-refractivity contribution in [3.63, 3.8) is 0 Å². The molecule has 0 aliphatic heterocycles. The van der Waals surface area contributed by atoms with Crippen LogP contribution in [0.2, 0.25) is 15.2 Å². The lowest BCUT2D eigenvalue weighted by atomic mass is 9.74. The first-order valence-electron chi connectivity index (χ1n) is 6.37. The van der Waals surface area contributed by atoms with Gasteiger partial charge >= 0.3 is 5.91 Å². The molecule has 2 atom stereocenters. The molecule has 1 heterocycles. The van der Waals surface area contributed by atoms with Gasteiger partial charge in [0.1, 0.15) is 10.0 Å². The summed E-state index contributed by atoms with van der Waals surface area (Å²) in [5.41, 5.74) is 9.25. The number of halogens is 3. The Kier molecular flexibility index (Phi) is 3.82. The van der Waals surface area contributed by atoms with Crippen molar-refractivity contribution in [2.45, 2.75) is 12.8 Å². The number of aromatic nitrogens is 1. The highest BCUT2D eigenvalue weighted by molar-refractivity contribution is 6.45. The zero-order valence-electron chi connectivity index (χ0n) is 10.8. The van der Waals surface area contributed by atoms with Crippen molar-refractivity contribution in [1.29, 1.82) is 0 Å². The van der Waals surface area contributed by atoms with Gasteiger partial charge in [-0.3, -0.25) is 4.79 Å². The molecule has 0 radical (unpaired) electrons. The SMILES string of the molecule is Nc1c(Cl)c(Cl)[nH+]c(C(=O)N/N=C2/C[C@@H]3C=CC[C@H]23)c1Cl. The Morgan fingerprint density at radius 3 is 2.86 bits per heavy atom. The Morgan fingerprint density at radius 2 is 2.14 bits per heavy atom. The van der Waals surface area contributed by atoms with Gasteiger partial charge in [0.2, 0.25) is 0 Å². The Balaban J connectivity index is 1.76. The number of anilines is 1. The normalized spacial score (nSPS) is 24.8. The molecule has 0 unspecified atom stereocenters. The van der Waals surface area contributed by atoms with E-state index in [1.54, 1.807) is 0 Å². The summed E-state index contributed by atoms with van der Waals surface area (Å²) < 4.78 is 0. The van der Waals surface area contributed by atoms with E-state index in [2.05, 4.69) is 27.7 Å². The molecule has 5 nitrogen and oxygen atoms in total. The molecule has 2 aliphatic rings. The number of nitrogen functional groups attached to an aromatic ring is 1. The topological polar surface area (TPSA) is 81.6 Å². The number of hydrogen-bond donors (Lipinski definition) is 2. The van der Waals surface area contributed by atoms with Crippen molar-refractivity contribution in [2.75, 3.05) is 5.73 Å². The zero-order chi connectivity index (χ0) is 15.1. The predicted molar refractivity (Wildman–Crippen MR) is 82.7 cm³/mol. The molecule has 0 saturated heterocycles. The van der Waals surface area contributed by atoms with Crippen LogP contribution in [-0.2, 0) is 0 Å². The average molecular weight is 347 g/mol. The third-order valence-electron chi connectivity index (χ3n) is 3.81. The zero-order valence-corrected chi connectivity index (χ0v) is 13.1. The first-order valence-corrected chi connectivity index (χ1v) is 7.51. The third kappa shape index (κ3) is 2.50. The first-order chi connectivity index (χ1) is 9.99. The van der Waals surface area contributed by atoms with Gasteiger partial charge in [-0.15, -0.1) is 0 Å². The van der Waals surface area contributed by atoms with Crippen LogP contribution in [0.5, 0.6) is 0 Å². The van der Waals surface area contributed by atoms with Crippen molar-refractivity contribution < 1.29 is 9.78 Å². The largest absolute Gasteiger partial charge is 0.396 e. The van der Waals surface area contributed by atoms with E-state index < -0.39 is 5.91 Å². The summed E-state index contributed by atoms with van der Waals surface area (Å²) >= 11 is 17.7. The predicted octanol–water partition coefficient (Wildman–Crippen LogP) is 2.72. The van der Waals surface area contributed by atoms with Crippen molar-refractivity contribution in [3.05, 3.63) is 33.0 Å². The van der Waals surface area contributed by atoms with Crippen LogP contribution in [0, 0.1) is 11.8 Å². The number of H-pyrrole nitrogens is 1.